The average molecular weight is 251 g/mol. The Hall–Kier alpha value is -0.280. The lowest BCUT2D eigenvalue weighted by molar-refractivity contribution is 0.0701. The minimum atomic E-state index is -0.712. The van der Waals surface area contributed by atoms with E-state index >= 15 is 0 Å². The predicted molar refractivity (Wildman–Crippen MR) is 64.2 cm³/mol. The summed E-state index contributed by atoms with van der Waals surface area (Å²) in [5.74, 6) is 0. The Morgan fingerprint density at radius 3 is 1.35 bits per heavy atom. The number of aliphatic hydroxyl groups excluding tert-OH is 4. The molecular formula is C10H25N3O4. The molecule has 0 aliphatic heterocycles. The van der Waals surface area contributed by atoms with E-state index in [4.69, 9.17) is 11.5 Å². The van der Waals surface area contributed by atoms with E-state index in [-0.39, 0.29) is 39.0 Å². The summed E-state index contributed by atoms with van der Waals surface area (Å²) in [5, 5.41) is 40.1. The fourth-order valence-corrected chi connectivity index (χ4v) is 1.40. The van der Waals surface area contributed by atoms with Gasteiger partial charge in [-0.2, -0.15) is 0 Å². The van der Waals surface area contributed by atoms with Crippen molar-refractivity contribution in [2.75, 3.05) is 26.2 Å². The molecule has 0 amide bonds. The van der Waals surface area contributed by atoms with Crippen LogP contribution in [0, 0.1) is 0 Å². The highest BCUT2D eigenvalue weighted by Gasteiger charge is 2.13. The van der Waals surface area contributed by atoms with Crippen molar-refractivity contribution < 1.29 is 20.4 Å². The first-order valence-corrected chi connectivity index (χ1v) is 5.82. The van der Waals surface area contributed by atoms with Crippen molar-refractivity contribution in [3.05, 3.63) is 0 Å². The molecule has 0 saturated carbocycles. The van der Waals surface area contributed by atoms with Gasteiger partial charge >= 0.3 is 0 Å². The standard InChI is InChI=1S/C10H25N3O4/c11-3-7(14)1-9(16)5-13-6-10(17)2-8(15)4-12/h7-10,13-17H,1-6,11-12H2/t7-,8-,9-,10+/m1/s1. The number of nitrogens with two attached hydrogens (primary N) is 2. The lowest BCUT2D eigenvalue weighted by Crippen LogP contribution is -2.37. The van der Waals surface area contributed by atoms with Crippen LogP contribution in [0.25, 0.3) is 0 Å². The monoisotopic (exact) mass is 251 g/mol. The molecule has 0 bridgehead atoms. The summed E-state index contributed by atoms with van der Waals surface area (Å²) < 4.78 is 0. The summed E-state index contributed by atoms with van der Waals surface area (Å²) in [6.45, 7) is 0.741. The fourth-order valence-electron chi connectivity index (χ4n) is 1.40. The second-order valence-electron chi connectivity index (χ2n) is 4.22. The number of rotatable bonds is 10. The molecule has 0 saturated heterocycles. The lowest BCUT2D eigenvalue weighted by Gasteiger charge is -2.18. The summed E-state index contributed by atoms with van der Waals surface area (Å²) in [5.41, 5.74) is 10.4. The second-order valence-corrected chi connectivity index (χ2v) is 4.22. The van der Waals surface area contributed by atoms with Crippen LogP contribution in [0.4, 0.5) is 0 Å². The van der Waals surface area contributed by atoms with Gasteiger partial charge in [-0.25, -0.2) is 0 Å². The molecular weight excluding hydrogens is 226 g/mol. The molecule has 0 rings (SSSR count). The molecule has 0 aliphatic rings. The third-order valence-corrected chi connectivity index (χ3v) is 2.39. The van der Waals surface area contributed by atoms with Gasteiger partial charge in [0, 0.05) is 39.0 Å². The van der Waals surface area contributed by atoms with Gasteiger partial charge in [0.05, 0.1) is 24.4 Å². The van der Waals surface area contributed by atoms with Crippen LogP contribution >= 0.6 is 0 Å². The summed E-state index contributed by atoms with van der Waals surface area (Å²) in [4.78, 5) is 0. The Kier molecular flexibility index (Phi) is 9.56. The van der Waals surface area contributed by atoms with Gasteiger partial charge in [0.2, 0.25) is 0 Å². The summed E-state index contributed by atoms with van der Waals surface area (Å²) in [7, 11) is 0. The molecule has 0 aliphatic carbocycles. The molecule has 9 N–H and O–H groups in total. The van der Waals surface area contributed by atoms with Gasteiger partial charge in [-0.15, -0.1) is 0 Å². The first kappa shape index (κ1) is 16.7. The molecule has 17 heavy (non-hydrogen) atoms. The van der Waals surface area contributed by atoms with E-state index in [9.17, 15) is 20.4 Å². The number of hydrogen-bond donors (Lipinski definition) is 7. The highest BCUT2D eigenvalue weighted by Crippen LogP contribution is 1.98. The van der Waals surface area contributed by atoms with Gasteiger partial charge in [0.1, 0.15) is 0 Å². The smallest absolute Gasteiger partial charge is 0.0689 e. The molecule has 0 heterocycles. The van der Waals surface area contributed by atoms with Gasteiger partial charge < -0.3 is 37.2 Å². The predicted octanol–water partition coefficient (Wildman–Crippen LogP) is -3.28. The van der Waals surface area contributed by atoms with Crippen LogP contribution < -0.4 is 16.8 Å². The Morgan fingerprint density at radius 2 is 1.06 bits per heavy atom. The molecule has 0 spiro atoms. The van der Waals surface area contributed by atoms with Crippen LogP contribution in [0.15, 0.2) is 0 Å². The van der Waals surface area contributed by atoms with E-state index in [1.165, 1.54) is 0 Å². The molecule has 0 aromatic heterocycles. The second kappa shape index (κ2) is 9.72. The first-order chi connectivity index (χ1) is 7.99. The summed E-state index contributed by atoms with van der Waals surface area (Å²) in [6, 6.07) is 0. The molecule has 0 aromatic carbocycles. The van der Waals surface area contributed by atoms with E-state index < -0.39 is 24.4 Å². The Morgan fingerprint density at radius 1 is 0.706 bits per heavy atom. The Labute approximate surface area is 101 Å². The Balaban J connectivity index is 3.55. The average Bonchev–Trinajstić information content (AvgIpc) is 2.28. The van der Waals surface area contributed by atoms with Crippen molar-refractivity contribution in [1.82, 2.24) is 5.32 Å². The molecule has 7 nitrogen and oxygen atoms in total. The topological polar surface area (TPSA) is 145 Å². The maximum Gasteiger partial charge on any atom is 0.0689 e. The van der Waals surface area contributed by atoms with Gasteiger partial charge in [0.15, 0.2) is 0 Å². The zero-order chi connectivity index (χ0) is 13.3. The van der Waals surface area contributed by atoms with Gasteiger partial charge in [-0.3, -0.25) is 0 Å². The van der Waals surface area contributed by atoms with Gasteiger partial charge in [0.25, 0.3) is 0 Å². The third-order valence-electron chi connectivity index (χ3n) is 2.39. The number of hydrogen-bond acceptors (Lipinski definition) is 7. The third kappa shape index (κ3) is 9.42. The van der Waals surface area contributed by atoms with Crippen molar-refractivity contribution in [2.24, 2.45) is 11.5 Å². The lowest BCUT2D eigenvalue weighted by atomic mass is 10.1. The maximum atomic E-state index is 9.46. The molecule has 0 radical (unpaired) electrons. The van der Waals surface area contributed by atoms with Crippen LogP contribution in [0.5, 0.6) is 0 Å². The molecule has 104 valence electrons. The van der Waals surface area contributed by atoms with Crippen molar-refractivity contribution >= 4 is 0 Å². The van der Waals surface area contributed by atoms with Crippen LogP contribution in [0.1, 0.15) is 12.8 Å². The van der Waals surface area contributed by atoms with Crippen molar-refractivity contribution in [3.8, 4) is 0 Å². The van der Waals surface area contributed by atoms with E-state index in [1.807, 2.05) is 0 Å². The van der Waals surface area contributed by atoms with Crippen molar-refractivity contribution in [3.63, 3.8) is 0 Å². The molecule has 0 fully saturated rings. The van der Waals surface area contributed by atoms with Crippen molar-refractivity contribution in [1.29, 1.82) is 0 Å². The van der Waals surface area contributed by atoms with E-state index in [0.29, 0.717) is 0 Å². The van der Waals surface area contributed by atoms with E-state index in [0.717, 1.165) is 0 Å². The first-order valence-electron chi connectivity index (χ1n) is 5.82. The highest BCUT2D eigenvalue weighted by molar-refractivity contribution is 4.70. The van der Waals surface area contributed by atoms with Crippen molar-refractivity contribution in [2.45, 2.75) is 37.3 Å². The zero-order valence-corrected chi connectivity index (χ0v) is 10.00. The normalized spacial score (nSPS) is 18.7. The van der Waals surface area contributed by atoms with Crippen LogP contribution in [-0.4, -0.2) is 71.0 Å². The molecule has 4 atom stereocenters. The molecule has 0 unspecified atom stereocenters. The summed E-state index contributed by atoms with van der Waals surface area (Å²) >= 11 is 0. The van der Waals surface area contributed by atoms with Crippen LogP contribution in [0.3, 0.4) is 0 Å². The largest absolute Gasteiger partial charge is 0.392 e. The van der Waals surface area contributed by atoms with E-state index in [1.54, 1.807) is 0 Å². The minimum Gasteiger partial charge on any atom is -0.392 e. The fraction of sp³-hybridized carbons (Fsp3) is 1.00. The number of aliphatic hydroxyl groups is 4. The molecule has 0 aromatic rings. The minimum absolute atomic E-state index is 0.113. The highest BCUT2D eigenvalue weighted by atomic mass is 16.3. The zero-order valence-electron chi connectivity index (χ0n) is 10.00. The maximum absolute atomic E-state index is 9.46. The van der Waals surface area contributed by atoms with Gasteiger partial charge in [-0.05, 0) is 0 Å². The van der Waals surface area contributed by atoms with Crippen LogP contribution in [0.2, 0.25) is 0 Å². The van der Waals surface area contributed by atoms with Crippen LogP contribution in [-0.2, 0) is 0 Å². The Bertz CT molecular complexity index is 167. The SMILES string of the molecule is NC[C@H](O)C[C@H](O)CNC[C@H](O)C[C@@H](O)CN. The number of nitrogens with one attached hydrogen (secondary N) is 1. The quantitative estimate of drug-likeness (QED) is 0.215. The summed E-state index contributed by atoms with van der Waals surface area (Å²) in [6.07, 6.45) is -2.44. The molecule has 7 heteroatoms. The van der Waals surface area contributed by atoms with Gasteiger partial charge in [-0.1, -0.05) is 0 Å². The van der Waals surface area contributed by atoms with E-state index in [2.05, 4.69) is 5.32 Å².